The van der Waals surface area contributed by atoms with Gasteiger partial charge in [-0.15, -0.1) is 0 Å². The van der Waals surface area contributed by atoms with Gasteiger partial charge in [0.1, 0.15) is 6.04 Å². The Labute approximate surface area is 210 Å². The largest absolute Gasteiger partial charge is 0.490 e. The number of carbonyl (C=O) groups is 3. The van der Waals surface area contributed by atoms with E-state index in [1.165, 1.54) is 0 Å². The third-order valence-electron chi connectivity index (χ3n) is 6.33. The average molecular weight is 522 g/mol. The highest BCUT2D eigenvalue weighted by Gasteiger charge is 2.43. The molecule has 1 aliphatic carbocycles. The minimum absolute atomic E-state index is 0.0379. The molecular weight excluding hydrogens is 499 g/mol. The van der Waals surface area contributed by atoms with Crippen LogP contribution >= 0.6 is 11.6 Å². The van der Waals surface area contributed by atoms with Crippen LogP contribution in [0.1, 0.15) is 39.1 Å². The number of carboxylic acids is 1. The molecule has 1 atom stereocenters. The van der Waals surface area contributed by atoms with Gasteiger partial charge in [0.15, 0.2) is 5.78 Å². The van der Waals surface area contributed by atoms with Crippen molar-refractivity contribution in [3.8, 4) is 0 Å². The Hall–Kier alpha value is -3.37. The van der Waals surface area contributed by atoms with Crippen molar-refractivity contribution in [3.05, 3.63) is 64.2 Å². The summed E-state index contributed by atoms with van der Waals surface area (Å²) in [6, 6.07) is 10.6. The second-order valence-corrected chi connectivity index (χ2v) is 9.24. The number of anilines is 2. The number of aliphatic carboxylic acids is 1. The Morgan fingerprint density at radius 1 is 1.11 bits per heavy atom. The zero-order valence-corrected chi connectivity index (χ0v) is 19.9. The molecular formula is C25H23ClF3N3O4. The fourth-order valence-electron chi connectivity index (χ4n) is 4.52. The van der Waals surface area contributed by atoms with E-state index in [9.17, 15) is 22.8 Å². The number of amides is 1. The number of fused-ring (bicyclic) bond motifs is 1. The summed E-state index contributed by atoms with van der Waals surface area (Å²) in [5.41, 5.74) is 3.21. The summed E-state index contributed by atoms with van der Waals surface area (Å²) >= 11 is 6.17. The molecule has 0 aromatic heterocycles. The van der Waals surface area contributed by atoms with Gasteiger partial charge >= 0.3 is 12.1 Å². The minimum Gasteiger partial charge on any atom is -0.475 e. The van der Waals surface area contributed by atoms with Crippen LogP contribution in [-0.2, 0) is 4.79 Å². The molecule has 2 aromatic carbocycles. The number of piperidine rings is 1. The molecule has 1 fully saturated rings. The molecule has 1 saturated heterocycles. The summed E-state index contributed by atoms with van der Waals surface area (Å²) in [6.07, 6.45) is 0.677. The number of hydrogen-bond acceptors (Lipinski definition) is 5. The van der Waals surface area contributed by atoms with Crippen molar-refractivity contribution in [1.29, 1.82) is 0 Å². The third-order valence-corrected chi connectivity index (χ3v) is 6.56. The fourth-order valence-corrected chi connectivity index (χ4v) is 4.71. The second-order valence-electron chi connectivity index (χ2n) is 8.80. The third kappa shape index (κ3) is 5.10. The summed E-state index contributed by atoms with van der Waals surface area (Å²) in [4.78, 5) is 39.7. The molecule has 1 amide bonds. The molecule has 2 aliphatic heterocycles. The SMILES string of the molecule is CN1CCC(Nc2ccc3c4c2C(=O)N(c2cccc(Cl)c2)C(C=C3)C4=O)CC1.O=C(O)C(F)(F)F. The molecule has 2 aromatic rings. The molecule has 3 aliphatic rings. The first-order chi connectivity index (χ1) is 17.0. The molecule has 7 nitrogen and oxygen atoms in total. The first-order valence-electron chi connectivity index (χ1n) is 11.2. The molecule has 0 spiro atoms. The van der Waals surface area contributed by atoms with Gasteiger partial charge in [-0.05, 0) is 62.8 Å². The van der Waals surface area contributed by atoms with Crippen molar-refractivity contribution in [1.82, 2.24) is 4.90 Å². The van der Waals surface area contributed by atoms with Gasteiger partial charge < -0.3 is 15.3 Å². The Bertz CT molecular complexity index is 1240. The van der Waals surface area contributed by atoms with Crippen LogP contribution in [0.3, 0.4) is 0 Å². The number of carbonyl (C=O) groups excluding carboxylic acids is 2. The van der Waals surface area contributed by atoms with E-state index >= 15 is 0 Å². The van der Waals surface area contributed by atoms with Gasteiger partial charge in [0.25, 0.3) is 5.91 Å². The lowest BCUT2D eigenvalue weighted by Crippen LogP contribution is -2.51. The number of ketones is 1. The molecule has 0 radical (unpaired) electrons. The summed E-state index contributed by atoms with van der Waals surface area (Å²) in [6.45, 7) is 2.04. The van der Waals surface area contributed by atoms with Gasteiger partial charge in [-0.1, -0.05) is 35.9 Å². The lowest BCUT2D eigenvalue weighted by atomic mass is 9.82. The molecule has 5 rings (SSSR count). The van der Waals surface area contributed by atoms with E-state index in [0.717, 1.165) is 37.2 Å². The van der Waals surface area contributed by atoms with E-state index in [1.54, 1.807) is 29.2 Å². The topological polar surface area (TPSA) is 90.0 Å². The maximum absolute atomic E-state index is 13.6. The van der Waals surface area contributed by atoms with E-state index in [-0.39, 0.29) is 11.7 Å². The number of carboxylic acid groups (broad SMARTS) is 1. The Morgan fingerprint density at radius 2 is 1.78 bits per heavy atom. The predicted octanol–water partition coefficient (Wildman–Crippen LogP) is 4.72. The normalized spacial score (nSPS) is 19.6. The Kier molecular flexibility index (Phi) is 7.10. The zero-order valence-electron chi connectivity index (χ0n) is 19.2. The van der Waals surface area contributed by atoms with E-state index < -0.39 is 18.2 Å². The minimum atomic E-state index is -5.08. The predicted molar refractivity (Wildman–Crippen MR) is 130 cm³/mol. The van der Waals surface area contributed by atoms with E-state index in [2.05, 4.69) is 17.3 Å². The monoisotopic (exact) mass is 521 g/mol. The number of likely N-dealkylation sites (tertiary alicyclic amines) is 1. The molecule has 36 heavy (non-hydrogen) atoms. The highest BCUT2D eigenvalue weighted by molar-refractivity contribution is 6.31. The molecule has 2 heterocycles. The maximum atomic E-state index is 13.6. The molecule has 2 bridgehead atoms. The van der Waals surface area contributed by atoms with Gasteiger partial charge in [-0.25, -0.2) is 4.79 Å². The average Bonchev–Trinajstić information content (AvgIpc) is 2.81. The standard InChI is InChI=1S/C23H22ClN3O2.C2HF3O2/c1-26-11-9-16(10-12-26)25-18-7-5-14-6-8-19-22(28)20(14)21(18)23(29)27(19)17-4-2-3-15(24)13-17;3-2(4,5)1(6)7/h2-8,13,16,19,25H,9-12H2,1H3;(H,6,7). The highest BCUT2D eigenvalue weighted by Crippen LogP contribution is 2.39. The van der Waals surface area contributed by atoms with Crippen molar-refractivity contribution in [3.63, 3.8) is 0 Å². The summed E-state index contributed by atoms with van der Waals surface area (Å²) in [5, 5.41) is 11.2. The number of benzene rings is 2. The number of nitrogens with zero attached hydrogens (tertiary/aromatic N) is 2. The maximum Gasteiger partial charge on any atom is 0.490 e. The summed E-state index contributed by atoms with van der Waals surface area (Å²) in [5.74, 6) is -2.95. The van der Waals surface area contributed by atoms with Crippen LogP contribution in [0.5, 0.6) is 0 Å². The van der Waals surface area contributed by atoms with Crippen LogP contribution in [0.4, 0.5) is 24.5 Å². The second kappa shape index (κ2) is 9.94. The molecule has 1 unspecified atom stereocenters. The molecule has 190 valence electrons. The van der Waals surface area contributed by atoms with Crippen LogP contribution < -0.4 is 10.2 Å². The zero-order chi connectivity index (χ0) is 26.2. The van der Waals surface area contributed by atoms with Crippen molar-refractivity contribution in [2.45, 2.75) is 31.1 Å². The van der Waals surface area contributed by atoms with Crippen LogP contribution in [-0.4, -0.2) is 66.1 Å². The summed E-state index contributed by atoms with van der Waals surface area (Å²) in [7, 11) is 2.12. The first-order valence-corrected chi connectivity index (χ1v) is 11.6. The number of nitrogens with one attached hydrogen (secondary N) is 1. The van der Waals surface area contributed by atoms with Gasteiger partial charge in [0.05, 0.1) is 5.56 Å². The highest BCUT2D eigenvalue weighted by atomic mass is 35.5. The number of Topliss-reactive ketones (excluding diaryl/α,β-unsaturated/α-hetero) is 1. The van der Waals surface area contributed by atoms with E-state index in [0.29, 0.717) is 27.9 Å². The summed E-state index contributed by atoms with van der Waals surface area (Å²) < 4.78 is 31.7. The van der Waals surface area contributed by atoms with Crippen LogP contribution in [0.15, 0.2) is 42.5 Å². The van der Waals surface area contributed by atoms with Gasteiger partial charge in [-0.3, -0.25) is 14.5 Å². The van der Waals surface area contributed by atoms with Crippen molar-refractivity contribution in [2.75, 3.05) is 30.4 Å². The van der Waals surface area contributed by atoms with Crippen LogP contribution in [0, 0.1) is 0 Å². The van der Waals surface area contributed by atoms with Gasteiger partial charge in [0.2, 0.25) is 0 Å². The van der Waals surface area contributed by atoms with E-state index in [1.807, 2.05) is 24.3 Å². The number of hydrogen-bond donors (Lipinski definition) is 2. The Morgan fingerprint density at radius 3 is 2.39 bits per heavy atom. The number of rotatable bonds is 3. The van der Waals surface area contributed by atoms with Gasteiger partial charge in [-0.2, -0.15) is 13.2 Å². The lowest BCUT2D eigenvalue weighted by Gasteiger charge is -2.38. The number of halogens is 4. The Balaban J connectivity index is 0.000000384. The molecule has 2 N–H and O–H groups in total. The van der Waals surface area contributed by atoms with Gasteiger partial charge in [0, 0.05) is 28.0 Å². The van der Waals surface area contributed by atoms with Crippen LogP contribution in [0.2, 0.25) is 5.02 Å². The molecule has 11 heteroatoms. The van der Waals surface area contributed by atoms with E-state index in [4.69, 9.17) is 21.5 Å². The fraction of sp³-hybridized carbons (Fsp3) is 0.320. The molecule has 0 saturated carbocycles. The smallest absolute Gasteiger partial charge is 0.475 e. The van der Waals surface area contributed by atoms with Crippen LogP contribution in [0.25, 0.3) is 6.08 Å². The first kappa shape index (κ1) is 25.7. The quantitative estimate of drug-likeness (QED) is 0.607. The van der Waals surface area contributed by atoms with Crippen molar-refractivity contribution in [2.24, 2.45) is 0 Å². The number of alkyl halides is 3. The lowest BCUT2D eigenvalue weighted by molar-refractivity contribution is -0.192. The van der Waals surface area contributed by atoms with Crippen molar-refractivity contribution < 1.29 is 32.7 Å². The van der Waals surface area contributed by atoms with Crippen molar-refractivity contribution >= 4 is 46.7 Å².